The van der Waals surface area contributed by atoms with Crippen LogP contribution in [-0.2, 0) is 22.6 Å². The Morgan fingerprint density at radius 2 is 1.78 bits per heavy atom. The summed E-state index contributed by atoms with van der Waals surface area (Å²) in [6, 6.07) is 5.49. The number of aliphatic carboxylic acids is 2. The highest BCUT2D eigenvalue weighted by atomic mass is 35.5. The molecule has 146 valence electrons. The molecule has 0 aliphatic heterocycles. The smallest absolute Gasteiger partial charge is 0.321 e. The number of imidazole rings is 1. The Balaban J connectivity index is 2.03. The predicted octanol–water partition coefficient (Wildman–Crippen LogP) is 2.67. The van der Waals surface area contributed by atoms with Crippen molar-refractivity contribution in [2.24, 2.45) is 5.92 Å². The van der Waals surface area contributed by atoms with Gasteiger partial charge in [0.15, 0.2) is 0 Å². The van der Waals surface area contributed by atoms with Crippen molar-refractivity contribution < 1.29 is 19.8 Å². The highest BCUT2D eigenvalue weighted by molar-refractivity contribution is 6.30. The molecule has 8 heteroatoms. The molecule has 0 fully saturated rings. The van der Waals surface area contributed by atoms with E-state index in [0.29, 0.717) is 23.7 Å². The number of aromatic nitrogens is 2. The molecule has 1 aromatic heterocycles. The van der Waals surface area contributed by atoms with E-state index in [1.807, 2.05) is 30.5 Å². The molecule has 27 heavy (non-hydrogen) atoms. The maximum atomic E-state index is 11.6. The van der Waals surface area contributed by atoms with E-state index in [-0.39, 0.29) is 12.3 Å². The van der Waals surface area contributed by atoms with E-state index in [1.165, 1.54) is 0 Å². The summed E-state index contributed by atoms with van der Waals surface area (Å²) in [5.74, 6) is -2.02. The Hall–Kier alpha value is -2.38. The van der Waals surface area contributed by atoms with Crippen LogP contribution in [0.15, 0.2) is 36.8 Å². The van der Waals surface area contributed by atoms with Gasteiger partial charge in [0, 0.05) is 24.2 Å². The Labute approximate surface area is 163 Å². The van der Waals surface area contributed by atoms with Crippen molar-refractivity contribution in [3.05, 3.63) is 53.1 Å². The molecular formula is C19H24ClN3O4. The van der Waals surface area contributed by atoms with Gasteiger partial charge in [-0.2, -0.15) is 0 Å². The van der Waals surface area contributed by atoms with Gasteiger partial charge < -0.3 is 14.8 Å². The van der Waals surface area contributed by atoms with Gasteiger partial charge in [0.1, 0.15) is 12.1 Å². The number of rotatable bonds is 10. The maximum absolute atomic E-state index is 11.6. The molecule has 1 heterocycles. The first-order valence-corrected chi connectivity index (χ1v) is 9.09. The number of hydrogen-bond acceptors (Lipinski definition) is 4. The quantitative estimate of drug-likeness (QED) is 0.573. The molecule has 0 aliphatic rings. The van der Waals surface area contributed by atoms with Gasteiger partial charge in [0.25, 0.3) is 0 Å². The molecule has 7 nitrogen and oxygen atoms in total. The fourth-order valence-electron chi connectivity index (χ4n) is 2.78. The number of carbonyl (C=O) groups is 2. The van der Waals surface area contributed by atoms with Crippen LogP contribution in [0, 0.1) is 5.92 Å². The fraction of sp³-hybridized carbons (Fsp3) is 0.421. The largest absolute Gasteiger partial charge is 0.480 e. The normalized spacial score (nSPS) is 13.5. The van der Waals surface area contributed by atoms with Crippen LogP contribution >= 0.6 is 11.6 Å². The van der Waals surface area contributed by atoms with Crippen molar-refractivity contribution >= 4 is 23.5 Å². The predicted molar refractivity (Wildman–Crippen MR) is 102 cm³/mol. The van der Waals surface area contributed by atoms with Gasteiger partial charge >= 0.3 is 11.9 Å². The lowest BCUT2D eigenvalue weighted by Crippen LogP contribution is -2.48. The number of carboxylic acid groups (broad SMARTS) is 2. The number of nitrogens with one attached hydrogen (secondary N) is 1. The summed E-state index contributed by atoms with van der Waals surface area (Å²) in [6.07, 6.45) is 3.85. The number of nitrogens with zero attached hydrogens (tertiary/aromatic N) is 2. The lowest BCUT2D eigenvalue weighted by molar-refractivity contribution is -0.142. The summed E-state index contributed by atoms with van der Waals surface area (Å²) in [5, 5.41) is 22.2. The van der Waals surface area contributed by atoms with Gasteiger partial charge in [-0.1, -0.05) is 37.6 Å². The zero-order chi connectivity index (χ0) is 20.0. The second kappa shape index (κ2) is 9.53. The Kier molecular flexibility index (Phi) is 7.38. The average Bonchev–Trinajstić information content (AvgIpc) is 3.02. The molecule has 1 aromatic carbocycles. The van der Waals surface area contributed by atoms with Crippen molar-refractivity contribution in [1.82, 2.24) is 14.9 Å². The van der Waals surface area contributed by atoms with Gasteiger partial charge in [0.2, 0.25) is 0 Å². The molecule has 0 bridgehead atoms. The molecule has 2 aromatic rings. The number of carboxylic acids is 2. The van der Waals surface area contributed by atoms with E-state index in [0.717, 1.165) is 5.56 Å². The zero-order valence-electron chi connectivity index (χ0n) is 15.3. The second-order valence-corrected chi connectivity index (χ2v) is 7.38. The molecular weight excluding hydrogens is 370 g/mol. The molecule has 3 N–H and O–H groups in total. The summed E-state index contributed by atoms with van der Waals surface area (Å²) >= 11 is 5.88. The molecule has 0 aliphatic carbocycles. The molecule has 0 saturated heterocycles. The van der Waals surface area contributed by atoms with Gasteiger partial charge in [0.05, 0.1) is 12.0 Å². The van der Waals surface area contributed by atoms with Crippen LogP contribution in [0.3, 0.4) is 0 Å². The Bertz CT molecular complexity index is 774. The summed E-state index contributed by atoms with van der Waals surface area (Å²) in [6.45, 7) is 4.37. The van der Waals surface area contributed by atoms with Gasteiger partial charge in [-0.15, -0.1) is 0 Å². The summed E-state index contributed by atoms with van der Waals surface area (Å²) in [5.41, 5.74) is 1.62. The van der Waals surface area contributed by atoms with Crippen LogP contribution in [0.1, 0.15) is 31.5 Å². The average molecular weight is 394 g/mol. The van der Waals surface area contributed by atoms with Crippen LogP contribution in [0.4, 0.5) is 0 Å². The minimum Gasteiger partial charge on any atom is -0.480 e. The van der Waals surface area contributed by atoms with Crippen LogP contribution < -0.4 is 5.32 Å². The fourth-order valence-corrected chi connectivity index (χ4v) is 2.91. The molecule has 0 spiro atoms. The Morgan fingerprint density at radius 1 is 1.15 bits per heavy atom. The summed E-state index contributed by atoms with van der Waals surface area (Å²) in [4.78, 5) is 27.2. The van der Waals surface area contributed by atoms with Gasteiger partial charge in [-0.3, -0.25) is 14.9 Å². The highest BCUT2D eigenvalue weighted by Crippen LogP contribution is 2.12. The van der Waals surface area contributed by atoms with Crippen LogP contribution in [0.5, 0.6) is 0 Å². The van der Waals surface area contributed by atoms with Crippen molar-refractivity contribution in [3.63, 3.8) is 0 Å². The molecule has 0 saturated carbocycles. The van der Waals surface area contributed by atoms with E-state index in [2.05, 4.69) is 10.3 Å². The first-order chi connectivity index (χ1) is 12.7. The monoisotopic (exact) mass is 393 g/mol. The van der Waals surface area contributed by atoms with E-state index >= 15 is 0 Å². The summed E-state index contributed by atoms with van der Waals surface area (Å²) in [7, 11) is 0. The SMILES string of the molecule is CC(C)CC(N[C@@H](Cc1cn(Cc2ccc(Cl)cc2)cn1)C(=O)O)C(=O)O. The van der Waals surface area contributed by atoms with Gasteiger partial charge in [-0.05, 0) is 30.0 Å². The van der Waals surface area contributed by atoms with E-state index in [9.17, 15) is 19.8 Å². The standard InChI is InChI=1S/C19H24ClN3O4/c1-12(2)7-16(18(24)25)22-17(19(26)27)8-15-10-23(11-21-15)9-13-3-5-14(20)6-4-13/h3-6,10-12,16-17,22H,7-9H2,1-2H3,(H,24,25)(H,26,27)/t16?,17-/m0/s1. The molecule has 2 atom stereocenters. The summed E-state index contributed by atoms with van der Waals surface area (Å²) < 4.78 is 1.85. The van der Waals surface area contributed by atoms with Crippen LogP contribution in [-0.4, -0.2) is 43.8 Å². The minimum atomic E-state index is -1.10. The van der Waals surface area contributed by atoms with Crippen molar-refractivity contribution in [2.75, 3.05) is 0 Å². The third-order valence-electron chi connectivity index (χ3n) is 4.08. The van der Waals surface area contributed by atoms with Crippen molar-refractivity contribution in [3.8, 4) is 0 Å². The molecule has 2 rings (SSSR count). The molecule has 0 radical (unpaired) electrons. The topological polar surface area (TPSA) is 104 Å². The Morgan fingerprint density at radius 3 is 2.33 bits per heavy atom. The molecule has 0 amide bonds. The third kappa shape index (κ3) is 6.69. The first kappa shape index (κ1) is 20.9. The van der Waals surface area contributed by atoms with Crippen LogP contribution in [0.25, 0.3) is 0 Å². The van der Waals surface area contributed by atoms with Crippen molar-refractivity contribution in [2.45, 2.75) is 45.3 Å². The van der Waals surface area contributed by atoms with E-state index in [4.69, 9.17) is 11.6 Å². The first-order valence-electron chi connectivity index (χ1n) is 8.71. The molecule has 1 unspecified atom stereocenters. The van der Waals surface area contributed by atoms with Crippen molar-refractivity contribution in [1.29, 1.82) is 0 Å². The minimum absolute atomic E-state index is 0.102. The number of hydrogen-bond donors (Lipinski definition) is 3. The zero-order valence-corrected chi connectivity index (χ0v) is 16.1. The maximum Gasteiger partial charge on any atom is 0.321 e. The highest BCUT2D eigenvalue weighted by Gasteiger charge is 2.27. The second-order valence-electron chi connectivity index (χ2n) is 6.95. The number of benzene rings is 1. The third-order valence-corrected chi connectivity index (χ3v) is 4.34. The van der Waals surface area contributed by atoms with Crippen LogP contribution in [0.2, 0.25) is 5.02 Å². The lowest BCUT2D eigenvalue weighted by Gasteiger charge is -2.21. The van der Waals surface area contributed by atoms with Gasteiger partial charge in [-0.25, -0.2) is 4.98 Å². The number of halogens is 1. The van der Waals surface area contributed by atoms with E-state index in [1.54, 1.807) is 24.7 Å². The lowest BCUT2D eigenvalue weighted by atomic mass is 10.0. The van der Waals surface area contributed by atoms with E-state index < -0.39 is 24.0 Å².